The van der Waals surface area contributed by atoms with E-state index in [-0.39, 0.29) is 17.7 Å². The summed E-state index contributed by atoms with van der Waals surface area (Å²) in [5, 5.41) is -1.80. The second kappa shape index (κ2) is 6.03. The van der Waals surface area contributed by atoms with Crippen molar-refractivity contribution in [2.75, 3.05) is 7.05 Å². The van der Waals surface area contributed by atoms with Gasteiger partial charge in [-0.05, 0) is 23.8 Å². The molecule has 0 unspecified atom stereocenters. The average molecular weight is 477 g/mol. The lowest BCUT2D eigenvalue weighted by Crippen LogP contribution is -2.46. The van der Waals surface area contributed by atoms with Gasteiger partial charge in [0, 0.05) is 18.7 Å². The Kier molecular flexibility index (Phi) is 4.46. The highest BCUT2D eigenvalue weighted by atomic mass is 32.5. The molecule has 0 spiro atoms. The van der Waals surface area contributed by atoms with Crippen molar-refractivity contribution in [2.45, 2.75) is 16.2 Å². The molecule has 2 N–H and O–H groups in total. The van der Waals surface area contributed by atoms with Crippen LogP contribution in [-0.4, -0.2) is 25.7 Å². The number of hydrogen-bond acceptors (Lipinski definition) is 4. The maximum atomic E-state index is 14.3. The molecule has 30 heavy (non-hydrogen) atoms. The molecule has 2 aromatic carbocycles. The first-order chi connectivity index (χ1) is 13.4. The van der Waals surface area contributed by atoms with Gasteiger partial charge in [-0.3, -0.25) is 0 Å². The average Bonchev–Trinajstić information content (AvgIpc) is 2.58. The molecule has 1 heterocycles. The van der Waals surface area contributed by atoms with Gasteiger partial charge in [0.25, 0.3) is 0 Å². The monoisotopic (exact) mass is 477 g/mol. The summed E-state index contributed by atoms with van der Waals surface area (Å²) in [5.41, 5.74) is 4.82. The van der Waals surface area contributed by atoms with Gasteiger partial charge < -0.3 is 5.73 Å². The van der Waals surface area contributed by atoms with Crippen LogP contribution in [0.25, 0.3) is 0 Å². The molecular weight excluding hydrogens is 463 g/mol. The number of nitrogens with zero attached hydrogens (tertiary/aromatic N) is 2. The van der Waals surface area contributed by atoms with Crippen molar-refractivity contribution in [2.24, 2.45) is 10.7 Å². The molecule has 0 amide bonds. The fraction of sp³-hybridized carbons (Fsp3) is 0.188. The Morgan fingerprint density at radius 1 is 1.00 bits per heavy atom. The summed E-state index contributed by atoms with van der Waals surface area (Å²) in [5.74, 6) is -2.66. The molecule has 1 aliphatic heterocycles. The fourth-order valence-corrected chi connectivity index (χ4v) is 5.33. The molecular formula is C16H14F7N3O2S2. The fourth-order valence-electron chi connectivity index (χ4n) is 3.00. The summed E-state index contributed by atoms with van der Waals surface area (Å²) in [6, 6.07) is 1.83. The van der Waals surface area contributed by atoms with Gasteiger partial charge in [0.2, 0.25) is 16.0 Å². The van der Waals surface area contributed by atoms with Crippen molar-refractivity contribution in [1.82, 2.24) is 4.31 Å². The number of nitrogens with two attached hydrogens (primary N) is 1. The van der Waals surface area contributed by atoms with Crippen LogP contribution in [0.4, 0.5) is 28.2 Å². The predicted octanol–water partition coefficient (Wildman–Crippen LogP) is 4.99. The molecule has 0 saturated heterocycles. The smallest absolute Gasteiger partial charge is 0.310 e. The Hall–Kier alpha value is -2.48. The summed E-state index contributed by atoms with van der Waals surface area (Å²) in [7, 11) is -13.4. The number of halogens is 7. The largest absolute Gasteiger partial charge is 0.369 e. The minimum Gasteiger partial charge on any atom is -0.369 e. The zero-order valence-electron chi connectivity index (χ0n) is 14.9. The van der Waals surface area contributed by atoms with E-state index < -0.39 is 59.6 Å². The summed E-state index contributed by atoms with van der Waals surface area (Å²) in [4.78, 5) is 1.68. The third-order valence-corrected chi connectivity index (χ3v) is 7.80. The van der Waals surface area contributed by atoms with Crippen LogP contribution in [0.3, 0.4) is 0 Å². The van der Waals surface area contributed by atoms with Crippen LogP contribution in [0, 0.1) is 11.6 Å². The van der Waals surface area contributed by atoms with Crippen LogP contribution in [0.15, 0.2) is 52.4 Å². The number of aliphatic imine (C=N–C) groups is 1. The summed E-state index contributed by atoms with van der Waals surface area (Å²) in [6.45, 7) is 0. The molecule has 5 nitrogen and oxygen atoms in total. The van der Waals surface area contributed by atoms with E-state index in [1.807, 2.05) is 0 Å². The lowest BCUT2D eigenvalue weighted by Gasteiger charge is -2.40. The van der Waals surface area contributed by atoms with Crippen LogP contribution < -0.4 is 5.73 Å². The van der Waals surface area contributed by atoms with Crippen molar-refractivity contribution in [1.29, 1.82) is 0 Å². The Morgan fingerprint density at radius 2 is 1.57 bits per heavy atom. The van der Waals surface area contributed by atoms with E-state index in [9.17, 15) is 36.6 Å². The van der Waals surface area contributed by atoms with E-state index in [2.05, 4.69) is 4.99 Å². The molecule has 2 aromatic rings. The van der Waals surface area contributed by atoms with Crippen LogP contribution in [0.1, 0.15) is 22.4 Å². The zero-order chi connectivity index (χ0) is 22.8. The van der Waals surface area contributed by atoms with E-state index >= 15 is 0 Å². The maximum absolute atomic E-state index is 14.3. The van der Waals surface area contributed by atoms with Crippen LogP contribution in [-0.2, 0) is 10.0 Å². The molecule has 14 heteroatoms. The molecule has 0 radical (unpaired) electrons. The lowest BCUT2D eigenvalue weighted by molar-refractivity contribution is 0.364. The third-order valence-electron chi connectivity index (χ3n) is 4.52. The molecule has 0 saturated carbocycles. The van der Waals surface area contributed by atoms with Gasteiger partial charge >= 0.3 is 10.2 Å². The van der Waals surface area contributed by atoms with Crippen LogP contribution in [0.2, 0.25) is 0 Å². The minimum absolute atomic E-state index is 0.0478. The van der Waals surface area contributed by atoms with Gasteiger partial charge in [-0.2, -0.15) is 0 Å². The quantitative estimate of drug-likeness (QED) is 0.633. The Balaban J connectivity index is 2.21. The zero-order valence-corrected chi connectivity index (χ0v) is 16.6. The second-order valence-corrected chi connectivity index (χ2v) is 11.1. The van der Waals surface area contributed by atoms with Crippen molar-refractivity contribution >= 4 is 26.2 Å². The highest BCUT2D eigenvalue weighted by Crippen LogP contribution is 3.02. The van der Waals surface area contributed by atoms with Gasteiger partial charge in [-0.1, -0.05) is 37.6 Å². The molecule has 166 valence electrons. The van der Waals surface area contributed by atoms with Gasteiger partial charge in [0.05, 0.1) is 0 Å². The van der Waals surface area contributed by atoms with Gasteiger partial charge in [0.1, 0.15) is 27.8 Å². The third kappa shape index (κ3) is 3.93. The van der Waals surface area contributed by atoms with E-state index in [0.717, 1.165) is 19.2 Å². The lowest BCUT2D eigenvalue weighted by atomic mass is 9.98. The topological polar surface area (TPSA) is 75.8 Å². The molecule has 0 aliphatic carbocycles. The van der Waals surface area contributed by atoms with Crippen molar-refractivity contribution in [3.05, 3.63) is 65.2 Å². The highest BCUT2D eigenvalue weighted by molar-refractivity contribution is 8.45. The minimum atomic E-state index is -9.99. The van der Waals surface area contributed by atoms with Gasteiger partial charge in [-0.25, -0.2) is 26.5 Å². The standard InChI is InChI=1S/C16H14F7N3O2S2/c1-26-16(24)25-14(12-7-4-10(17)8-13(12)18)15(29(26,27)28)9-2-5-11(6-3-9)30(19,20,21,22)23/h2-8,14-15H,1H3,(H2,24,25)/t14-,15-/m1/s1. The Labute approximate surface area is 166 Å². The molecule has 1 aliphatic rings. The highest BCUT2D eigenvalue weighted by Gasteiger charge is 2.65. The number of benzene rings is 2. The van der Waals surface area contributed by atoms with Crippen LogP contribution >= 0.6 is 10.2 Å². The Morgan fingerprint density at radius 3 is 2.07 bits per heavy atom. The van der Waals surface area contributed by atoms with Crippen LogP contribution in [0.5, 0.6) is 0 Å². The maximum Gasteiger partial charge on any atom is 0.310 e. The predicted molar refractivity (Wildman–Crippen MR) is 98.0 cm³/mol. The first kappa shape index (κ1) is 22.2. The number of rotatable bonds is 3. The SMILES string of the molecule is CN1C(N)=N[C@H](c2ccc(F)cc2F)[C@@H](c2ccc(S(F)(F)(F)(F)F)cc2)S1(=O)=O. The van der Waals surface area contributed by atoms with E-state index in [4.69, 9.17) is 5.73 Å². The Bertz CT molecular complexity index is 1150. The molecule has 0 fully saturated rings. The second-order valence-electron chi connectivity index (χ2n) is 6.57. The first-order valence-corrected chi connectivity index (χ1v) is 11.5. The first-order valence-electron chi connectivity index (χ1n) is 8.02. The van der Waals surface area contributed by atoms with E-state index in [0.29, 0.717) is 22.5 Å². The molecule has 0 bridgehead atoms. The van der Waals surface area contributed by atoms with Gasteiger partial charge in [0.15, 0.2) is 0 Å². The summed E-state index contributed by atoms with van der Waals surface area (Å²) >= 11 is 0. The molecule has 2 atom stereocenters. The van der Waals surface area contributed by atoms with Crippen molar-refractivity contribution < 1.29 is 36.6 Å². The van der Waals surface area contributed by atoms with Crippen molar-refractivity contribution in [3.8, 4) is 0 Å². The molecule has 3 rings (SSSR count). The number of sulfonamides is 1. The van der Waals surface area contributed by atoms with E-state index in [1.54, 1.807) is 0 Å². The normalized spacial score (nSPS) is 24.0. The number of hydrogen-bond donors (Lipinski definition) is 1. The molecule has 0 aromatic heterocycles. The summed E-state index contributed by atoms with van der Waals surface area (Å²) < 4.78 is 119. The number of guanidine groups is 1. The van der Waals surface area contributed by atoms with Gasteiger partial charge in [-0.15, -0.1) is 0 Å². The van der Waals surface area contributed by atoms with E-state index in [1.165, 1.54) is 0 Å². The summed E-state index contributed by atoms with van der Waals surface area (Å²) in [6.07, 6.45) is 0. The van der Waals surface area contributed by atoms with Crippen molar-refractivity contribution in [3.63, 3.8) is 0 Å².